The molecule has 5 heteroatoms. The van der Waals surface area contributed by atoms with Crippen molar-refractivity contribution in [1.29, 1.82) is 0 Å². The summed E-state index contributed by atoms with van der Waals surface area (Å²) in [5, 5.41) is 3.08. The molecule has 18 heavy (non-hydrogen) atoms. The highest BCUT2D eigenvalue weighted by Crippen LogP contribution is 2.28. The van der Waals surface area contributed by atoms with E-state index in [2.05, 4.69) is 5.32 Å². The summed E-state index contributed by atoms with van der Waals surface area (Å²) >= 11 is 0. The molecule has 1 heterocycles. The van der Waals surface area contributed by atoms with Crippen molar-refractivity contribution in [2.75, 3.05) is 6.54 Å². The van der Waals surface area contributed by atoms with E-state index in [1.807, 2.05) is 13.8 Å². The lowest BCUT2D eigenvalue weighted by Crippen LogP contribution is -2.31. The molecule has 1 amide bonds. The second-order valence-corrected chi connectivity index (χ2v) is 4.32. The van der Waals surface area contributed by atoms with Gasteiger partial charge in [-0.2, -0.15) is 0 Å². The lowest BCUT2D eigenvalue weighted by atomic mass is 10.1. The molecule has 0 aromatic heterocycles. The van der Waals surface area contributed by atoms with E-state index >= 15 is 0 Å². The second kappa shape index (κ2) is 5.02. The van der Waals surface area contributed by atoms with Gasteiger partial charge >= 0.3 is 0 Å². The maximum absolute atomic E-state index is 13.8. The van der Waals surface area contributed by atoms with Gasteiger partial charge in [0.1, 0.15) is 17.8 Å². The molecule has 3 nitrogen and oxygen atoms in total. The average Bonchev–Trinajstić information content (AvgIpc) is 2.65. The first-order valence-corrected chi connectivity index (χ1v) is 6.10. The minimum atomic E-state index is -0.629. The molecule has 0 aliphatic carbocycles. The molecule has 1 saturated heterocycles. The van der Waals surface area contributed by atoms with Crippen molar-refractivity contribution < 1.29 is 13.6 Å². The van der Waals surface area contributed by atoms with Crippen molar-refractivity contribution in [3.63, 3.8) is 0 Å². The molecule has 0 spiro atoms. The van der Waals surface area contributed by atoms with Crippen LogP contribution in [0.3, 0.4) is 0 Å². The molecule has 1 aliphatic rings. The Hall–Kier alpha value is -1.49. The molecule has 2 atom stereocenters. The van der Waals surface area contributed by atoms with Crippen LogP contribution in [0.5, 0.6) is 0 Å². The van der Waals surface area contributed by atoms with Crippen LogP contribution in [0.1, 0.15) is 32.0 Å². The summed E-state index contributed by atoms with van der Waals surface area (Å²) in [4.78, 5) is 13.6. The minimum absolute atomic E-state index is 0.0336. The number of likely N-dealkylation sites (N-methyl/N-ethyl adjacent to an activating group) is 1. The van der Waals surface area contributed by atoms with E-state index in [-0.39, 0.29) is 11.9 Å². The molecule has 1 N–H and O–H groups in total. The molecule has 2 unspecified atom stereocenters. The number of rotatable bonds is 3. The summed E-state index contributed by atoms with van der Waals surface area (Å²) in [5.74, 6) is -1.28. The fourth-order valence-corrected chi connectivity index (χ4v) is 2.29. The molecular weight excluding hydrogens is 238 g/mol. The molecule has 1 aliphatic heterocycles. The van der Waals surface area contributed by atoms with Gasteiger partial charge in [-0.3, -0.25) is 10.1 Å². The van der Waals surface area contributed by atoms with Gasteiger partial charge in [0.15, 0.2) is 0 Å². The smallest absolute Gasteiger partial charge is 0.241 e. The maximum Gasteiger partial charge on any atom is 0.241 e. The monoisotopic (exact) mass is 254 g/mol. The van der Waals surface area contributed by atoms with Crippen molar-refractivity contribution in [3.05, 3.63) is 35.4 Å². The fourth-order valence-electron chi connectivity index (χ4n) is 2.29. The quantitative estimate of drug-likeness (QED) is 0.896. The molecule has 2 rings (SSSR count). The largest absolute Gasteiger partial charge is 0.322 e. The van der Waals surface area contributed by atoms with Crippen LogP contribution in [-0.2, 0) is 4.79 Å². The predicted molar refractivity (Wildman–Crippen MR) is 63.7 cm³/mol. The number of nitrogens with zero attached hydrogens (tertiary/aromatic N) is 1. The number of amides is 1. The van der Waals surface area contributed by atoms with Crippen LogP contribution in [0.15, 0.2) is 18.2 Å². The maximum atomic E-state index is 13.8. The molecule has 98 valence electrons. The Labute approximate surface area is 105 Å². The van der Waals surface area contributed by atoms with Crippen molar-refractivity contribution in [2.24, 2.45) is 0 Å². The predicted octanol–water partition coefficient (Wildman–Crippen LogP) is 2.19. The number of benzene rings is 1. The fraction of sp³-hybridized carbons (Fsp3) is 0.462. The number of carbonyl (C=O) groups excluding carboxylic acids is 1. The molecule has 0 radical (unpaired) electrons. The van der Waals surface area contributed by atoms with Crippen molar-refractivity contribution in [3.8, 4) is 0 Å². The highest BCUT2D eigenvalue weighted by molar-refractivity contribution is 5.84. The number of carbonyl (C=O) groups is 1. The van der Waals surface area contributed by atoms with E-state index in [4.69, 9.17) is 0 Å². The Morgan fingerprint density at radius 3 is 2.61 bits per heavy atom. The Kier molecular flexibility index (Phi) is 3.61. The van der Waals surface area contributed by atoms with Gasteiger partial charge in [0.05, 0.1) is 6.04 Å². The van der Waals surface area contributed by atoms with E-state index in [1.54, 1.807) is 4.90 Å². The van der Waals surface area contributed by atoms with Crippen molar-refractivity contribution in [1.82, 2.24) is 10.2 Å². The van der Waals surface area contributed by atoms with Crippen LogP contribution in [0.25, 0.3) is 0 Å². The third-order valence-corrected chi connectivity index (χ3v) is 3.26. The Morgan fingerprint density at radius 1 is 1.33 bits per heavy atom. The number of hydrogen-bond donors (Lipinski definition) is 1. The number of nitrogens with one attached hydrogen (secondary N) is 1. The van der Waals surface area contributed by atoms with Gasteiger partial charge in [-0.15, -0.1) is 0 Å². The first-order valence-electron chi connectivity index (χ1n) is 6.10. The zero-order valence-electron chi connectivity index (χ0n) is 10.4. The van der Waals surface area contributed by atoms with Gasteiger partial charge in [0.2, 0.25) is 5.91 Å². The van der Waals surface area contributed by atoms with E-state index in [0.29, 0.717) is 18.5 Å². The van der Waals surface area contributed by atoms with Gasteiger partial charge in [-0.25, -0.2) is 8.78 Å². The van der Waals surface area contributed by atoms with Crippen LogP contribution >= 0.6 is 0 Å². The molecule has 1 aromatic rings. The second-order valence-electron chi connectivity index (χ2n) is 4.32. The van der Waals surface area contributed by atoms with Crippen LogP contribution in [-0.4, -0.2) is 23.4 Å². The van der Waals surface area contributed by atoms with E-state index in [9.17, 15) is 13.6 Å². The van der Waals surface area contributed by atoms with Gasteiger partial charge in [-0.05, 0) is 25.5 Å². The zero-order chi connectivity index (χ0) is 13.3. The van der Waals surface area contributed by atoms with Gasteiger partial charge in [0.25, 0.3) is 0 Å². The van der Waals surface area contributed by atoms with Crippen LogP contribution in [0.4, 0.5) is 8.78 Å². The first kappa shape index (κ1) is 13.0. The van der Waals surface area contributed by atoms with Crippen molar-refractivity contribution >= 4 is 5.91 Å². The number of hydrogen-bond acceptors (Lipinski definition) is 2. The SMILES string of the molecule is CCC1NC(c2ccc(F)cc2F)N(CC)C1=O. The lowest BCUT2D eigenvalue weighted by molar-refractivity contribution is -0.129. The van der Waals surface area contributed by atoms with Crippen molar-refractivity contribution in [2.45, 2.75) is 32.5 Å². The van der Waals surface area contributed by atoms with E-state index in [1.165, 1.54) is 12.1 Å². The van der Waals surface area contributed by atoms with Gasteiger partial charge in [-0.1, -0.05) is 6.92 Å². The van der Waals surface area contributed by atoms with Crippen LogP contribution < -0.4 is 5.32 Å². The molecule has 1 fully saturated rings. The standard InChI is InChI=1S/C13H16F2N2O/c1-3-11-13(18)17(4-2)12(16-11)9-6-5-8(14)7-10(9)15/h5-7,11-12,16H,3-4H2,1-2H3. The van der Waals surface area contributed by atoms with Gasteiger partial charge in [0, 0.05) is 18.2 Å². The topological polar surface area (TPSA) is 32.3 Å². The average molecular weight is 254 g/mol. The molecule has 0 saturated carbocycles. The highest BCUT2D eigenvalue weighted by atomic mass is 19.1. The van der Waals surface area contributed by atoms with Gasteiger partial charge < -0.3 is 4.90 Å². The summed E-state index contributed by atoms with van der Waals surface area (Å²) in [6, 6.07) is 3.14. The normalized spacial score (nSPS) is 23.8. The first-order chi connectivity index (χ1) is 8.58. The summed E-state index contributed by atoms with van der Waals surface area (Å²) in [5.41, 5.74) is 0.308. The molecule has 0 bridgehead atoms. The summed E-state index contributed by atoms with van der Waals surface area (Å²) in [6.07, 6.45) is 0.141. The van der Waals surface area contributed by atoms with Crippen LogP contribution in [0, 0.1) is 11.6 Å². The van der Waals surface area contributed by atoms with E-state index in [0.717, 1.165) is 6.07 Å². The molecular formula is C13H16F2N2O. The Bertz CT molecular complexity index is 464. The number of halogens is 2. The van der Waals surface area contributed by atoms with Crippen LogP contribution in [0.2, 0.25) is 0 Å². The Balaban J connectivity index is 2.34. The zero-order valence-corrected chi connectivity index (χ0v) is 10.4. The van der Waals surface area contributed by atoms with E-state index < -0.39 is 17.8 Å². The Morgan fingerprint density at radius 2 is 2.06 bits per heavy atom. The summed E-state index contributed by atoms with van der Waals surface area (Å²) in [7, 11) is 0. The summed E-state index contributed by atoms with van der Waals surface area (Å²) in [6.45, 7) is 4.22. The third-order valence-electron chi connectivity index (χ3n) is 3.26. The summed E-state index contributed by atoms with van der Waals surface area (Å²) < 4.78 is 26.6. The highest BCUT2D eigenvalue weighted by Gasteiger charge is 2.38. The minimum Gasteiger partial charge on any atom is -0.322 e. The molecule has 1 aromatic carbocycles. The third kappa shape index (κ3) is 2.10. The lowest BCUT2D eigenvalue weighted by Gasteiger charge is -2.23.